The summed E-state index contributed by atoms with van der Waals surface area (Å²) in [7, 11) is 0. The molecular formula is C16H22N2O3. The first kappa shape index (κ1) is 16.9. The van der Waals surface area contributed by atoms with Crippen molar-refractivity contribution in [3.05, 3.63) is 41.5 Å². The van der Waals surface area contributed by atoms with Gasteiger partial charge in [-0.25, -0.2) is 0 Å². The number of amides is 2. The molecule has 0 aliphatic heterocycles. The number of aliphatic hydroxyl groups excluding tert-OH is 1. The fraction of sp³-hybridized carbons (Fsp3) is 0.375. The molecule has 5 nitrogen and oxygen atoms in total. The number of nitrogens with two attached hydrogens (primary N) is 1. The van der Waals surface area contributed by atoms with Gasteiger partial charge in [0.25, 0.3) is 0 Å². The molecule has 0 unspecified atom stereocenters. The van der Waals surface area contributed by atoms with E-state index in [-0.39, 0.29) is 12.5 Å². The molecule has 1 aromatic rings. The number of hydrogen-bond donors (Lipinski definition) is 3. The molecule has 0 saturated heterocycles. The molecule has 0 atom stereocenters. The number of benzene rings is 1. The molecule has 0 fully saturated rings. The number of carbonyl (C=O) groups is 2. The third kappa shape index (κ3) is 4.72. The molecule has 0 radical (unpaired) electrons. The number of hydrogen-bond acceptors (Lipinski definition) is 3. The molecule has 1 aromatic carbocycles. The lowest BCUT2D eigenvalue weighted by Gasteiger charge is -2.30. The molecule has 114 valence electrons. The molecule has 2 amide bonds. The third-order valence-electron chi connectivity index (χ3n) is 3.67. The van der Waals surface area contributed by atoms with Crippen LogP contribution in [-0.4, -0.2) is 29.1 Å². The highest BCUT2D eigenvalue weighted by Crippen LogP contribution is 2.14. The van der Waals surface area contributed by atoms with Crippen LogP contribution in [0.4, 0.5) is 0 Å². The molecule has 0 heterocycles. The summed E-state index contributed by atoms with van der Waals surface area (Å²) >= 11 is 0. The quantitative estimate of drug-likeness (QED) is 0.664. The minimum absolute atomic E-state index is 0.0904. The molecular weight excluding hydrogens is 268 g/mol. The van der Waals surface area contributed by atoms with E-state index in [0.717, 1.165) is 5.56 Å². The number of aliphatic hydroxyl groups is 1. The predicted octanol–water partition coefficient (Wildman–Crippen LogP) is 1.47. The molecule has 0 aliphatic carbocycles. The highest BCUT2D eigenvalue weighted by Gasteiger charge is 2.26. The van der Waals surface area contributed by atoms with Gasteiger partial charge in [-0.1, -0.05) is 26.0 Å². The fourth-order valence-corrected chi connectivity index (χ4v) is 1.92. The molecule has 0 saturated carbocycles. The Morgan fingerprint density at radius 2 is 1.81 bits per heavy atom. The van der Waals surface area contributed by atoms with Crippen molar-refractivity contribution in [2.24, 2.45) is 5.73 Å². The first-order chi connectivity index (χ1) is 9.96. The van der Waals surface area contributed by atoms with Gasteiger partial charge in [0.05, 0.1) is 12.1 Å². The van der Waals surface area contributed by atoms with Gasteiger partial charge < -0.3 is 16.2 Å². The summed E-state index contributed by atoms with van der Waals surface area (Å²) < 4.78 is 0. The van der Waals surface area contributed by atoms with Crippen LogP contribution in [0.15, 0.2) is 30.3 Å². The molecule has 0 spiro atoms. The van der Waals surface area contributed by atoms with Crippen molar-refractivity contribution in [3.63, 3.8) is 0 Å². The number of nitrogens with one attached hydrogen (secondary N) is 1. The zero-order chi connectivity index (χ0) is 15.9. The topological polar surface area (TPSA) is 92.4 Å². The maximum absolute atomic E-state index is 11.9. The molecule has 0 bridgehead atoms. The summed E-state index contributed by atoms with van der Waals surface area (Å²) in [5.74, 6) is -0.742. The SMILES string of the molecule is CCC(CC)(CO)NC(=O)C=Cc1ccc(C(N)=O)cc1. The van der Waals surface area contributed by atoms with Gasteiger partial charge in [0, 0.05) is 11.6 Å². The Bertz CT molecular complexity index is 509. The van der Waals surface area contributed by atoms with Crippen molar-refractivity contribution < 1.29 is 14.7 Å². The second-order valence-electron chi connectivity index (χ2n) is 4.95. The summed E-state index contributed by atoms with van der Waals surface area (Å²) in [6.45, 7) is 3.76. The summed E-state index contributed by atoms with van der Waals surface area (Å²) in [4.78, 5) is 22.9. The lowest BCUT2D eigenvalue weighted by atomic mass is 9.94. The Morgan fingerprint density at radius 3 is 2.24 bits per heavy atom. The van der Waals surface area contributed by atoms with E-state index in [9.17, 15) is 14.7 Å². The van der Waals surface area contributed by atoms with Crippen molar-refractivity contribution in [1.82, 2.24) is 5.32 Å². The van der Waals surface area contributed by atoms with E-state index in [4.69, 9.17) is 5.73 Å². The summed E-state index contributed by atoms with van der Waals surface area (Å²) in [6, 6.07) is 6.64. The van der Waals surface area contributed by atoms with Crippen LogP contribution < -0.4 is 11.1 Å². The molecule has 0 aromatic heterocycles. The van der Waals surface area contributed by atoms with Crippen LogP contribution in [0.1, 0.15) is 42.6 Å². The number of carbonyl (C=O) groups excluding carboxylic acids is 2. The molecule has 1 rings (SSSR count). The number of primary amides is 1. The van der Waals surface area contributed by atoms with Crippen molar-refractivity contribution in [2.75, 3.05) is 6.61 Å². The summed E-state index contributed by atoms with van der Waals surface area (Å²) in [5, 5.41) is 12.2. The van der Waals surface area contributed by atoms with E-state index in [0.29, 0.717) is 18.4 Å². The van der Waals surface area contributed by atoms with E-state index in [2.05, 4.69) is 5.32 Å². The van der Waals surface area contributed by atoms with Gasteiger partial charge in [-0.15, -0.1) is 0 Å². The normalized spacial score (nSPS) is 11.6. The molecule has 0 aliphatic rings. The van der Waals surface area contributed by atoms with E-state index in [1.165, 1.54) is 6.08 Å². The second kappa shape index (κ2) is 7.59. The van der Waals surface area contributed by atoms with Gasteiger partial charge in [0.15, 0.2) is 0 Å². The van der Waals surface area contributed by atoms with Crippen molar-refractivity contribution in [3.8, 4) is 0 Å². The van der Waals surface area contributed by atoms with Crippen LogP contribution in [0.5, 0.6) is 0 Å². The van der Waals surface area contributed by atoms with Gasteiger partial charge in [0.2, 0.25) is 11.8 Å². The highest BCUT2D eigenvalue weighted by molar-refractivity contribution is 5.94. The number of rotatable bonds is 7. The van der Waals surface area contributed by atoms with E-state index < -0.39 is 11.4 Å². The lowest BCUT2D eigenvalue weighted by molar-refractivity contribution is -0.119. The average molecular weight is 290 g/mol. The van der Waals surface area contributed by atoms with Crippen LogP contribution in [0.25, 0.3) is 6.08 Å². The zero-order valence-electron chi connectivity index (χ0n) is 12.4. The molecule has 4 N–H and O–H groups in total. The predicted molar refractivity (Wildman–Crippen MR) is 82.5 cm³/mol. The van der Waals surface area contributed by atoms with E-state index >= 15 is 0 Å². The highest BCUT2D eigenvalue weighted by atomic mass is 16.3. The van der Waals surface area contributed by atoms with Crippen LogP contribution in [-0.2, 0) is 4.79 Å². The third-order valence-corrected chi connectivity index (χ3v) is 3.67. The van der Waals surface area contributed by atoms with Crippen molar-refractivity contribution in [1.29, 1.82) is 0 Å². The Morgan fingerprint density at radius 1 is 1.24 bits per heavy atom. The van der Waals surface area contributed by atoms with E-state index in [1.54, 1.807) is 30.3 Å². The minimum Gasteiger partial charge on any atom is -0.394 e. The van der Waals surface area contributed by atoms with Crippen LogP contribution in [0, 0.1) is 0 Å². The standard InChI is InChI=1S/C16H22N2O3/c1-3-16(4-2,11-19)18-14(20)10-7-12-5-8-13(9-6-12)15(17)21/h5-10,19H,3-4,11H2,1-2H3,(H2,17,21)(H,18,20). The summed E-state index contributed by atoms with van der Waals surface area (Å²) in [5.41, 5.74) is 5.80. The molecule has 5 heteroatoms. The minimum atomic E-state index is -0.572. The van der Waals surface area contributed by atoms with Gasteiger partial charge in [-0.3, -0.25) is 9.59 Å². The van der Waals surface area contributed by atoms with Crippen molar-refractivity contribution >= 4 is 17.9 Å². The Labute approximate surface area is 124 Å². The maximum Gasteiger partial charge on any atom is 0.248 e. The Balaban J connectivity index is 2.71. The first-order valence-corrected chi connectivity index (χ1v) is 6.97. The second-order valence-corrected chi connectivity index (χ2v) is 4.95. The van der Waals surface area contributed by atoms with Crippen molar-refractivity contribution in [2.45, 2.75) is 32.2 Å². The van der Waals surface area contributed by atoms with Crippen LogP contribution >= 0.6 is 0 Å². The van der Waals surface area contributed by atoms with E-state index in [1.807, 2.05) is 13.8 Å². The zero-order valence-corrected chi connectivity index (χ0v) is 12.4. The Hall–Kier alpha value is -2.14. The first-order valence-electron chi connectivity index (χ1n) is 6.97. The average Bonchev–Trinajstić information content (AvgIpc) is 2.51. The smallest absolute Gasteiger partial charge is 0.248 e. The maximum atomic E-state index is 11.9. The monoisotopic (exact) mass is 290 g/mol. The molecule has 21 heavy (non-hydrogen) atoms. The summed E-state index contributed by atoms with van der Waals surface area (Å²) in [6.07, 6.45) is 4.38. The van der Waals surface area contributed by atoms with Crippen LogP contribution in [0.3, 0.4) is 0 Å². The van der Waals surface area contributed by atoms with Gasteiger partial charge in [-0.05, 0) is 36.6 Å². The lowest BCUT2D eigenvalue weighted by Crippen LogP contribution is -2.49. The largest absolute Gasteiger partial charge is 0.394 e. The Kier molecular flexibility index (Phi) is 6.11. The van der Waals surface area contributed by atoms with Crippen LogP contribution in [0.2, 0.25) is 0 Å². The fourth-order valence-electron chi connectivity index (χ4n) is 1.92. The van der Waals surface area contributed by atoms with Gasteiger partial charge in [0.1, 0.15) is 0 Å². The van der Waals surface area contributed by atoms with Gasteiger partial charge in [-0.2, -0.15) is 0 Å². The van der Waals surface area contributed by atoms with Gasteiger partial charge >= 0.3 is 0 Å².